The molecule has 1 aromatic carbocycles. The van der Waals surface area contributed by atoms with Crippen molar-refractivity contribution in [2.75, 3.05) is 12.4 Å². The average Bonchev–Trinajstić information content (AvgIpc) is 3.11. The van der Waals surface area contributed by atoms with Crippen LogP contribution < -0.4 is 10.6 Å². The fraction of sp³-hybridized carbons (Fsp3) is 0.562. The van der Waals surface area contributed by atoms with Crippen molar-refractivity contribution in [2.45, 2.75) is 51.2 Å². The molecule has 2 rings (SSSR count). The summed E-state index contributed by atoms with van der Waals surface area (Å²) in [7, 11) is 1.99. The molecule has 0 aliphatic heterocycles. The van der Waals surface area contributed by atoms with E-state index in [0.717, 1.165) is 6.42 Å². The van der Waals surface area contributed by atoms with Crippen LogP contribution in [0.3, 0.4) is 0 Å². The molecule has 1 aliphatic carbocycles. The van der Waals surface area contributed by atoms with Gasteiger partial charge >= 0.3 is 6.09 Å². The van der Waals surface area contributed by atoms with Gasteiger partial charge in [0.15, 0.2) is 0 Å². The third-order valence-corrected chi connectivity index (χ3v) is 3.91. The Balaban J connectivity index is 2.01. The van der Waals surface area contributed by atoms with Gasteiger partial charge in [-0.1, -0.05) is 17.7 Å². The predicted octanol–water partition coefficient (Wildman–Crippen LogP) is 3.98. The molecule has 0 unspecified atom stereocenters. The number of rotatable bonds is 4. The van der Waals surface area contributed by atoms with E-state index in [1.165, 1.54) is 18.4 Å². The Bertz CT molecular complexity index is 534. The van der Waals surface area contributed by atoms with Gasteiger partial charge in [-0.05, 0) is 64.8 Å². The van der Waals surface area contributed by atoms with Gasteiger partial charge in [0.05, 0.1) is 10.7 Å². The largest absolute Gasteiger partial charge is 0.444 e. The minimum absolute atomic E-state index is 0.240. The van der Waals surface area contributed by atoms with Crippen LogP contribution in [0.1, 0.15) is 39.2 Å². The van der Waals surface area contributed by atoms with Crippen LogP contribution in [0.2, 0.25) is 5.02 Å². The number of nitrogens with one attached hydrogen (secondary N) is 2. The lowest BCUT2D eigenvalue weighted by Gasteiger charge is -2.20. The highest BCUT2D eigenvalue weighted by molar-refractivity contribution is 6.33. The number of anilines is 1. The predicted molar refractivity (Wildman–Crippen MR) is 86.0 cm³/mol. The van der Waals surface area contributed by atoms with E-state index in [-0.39, 0.29) is 5.54 Å². The second kappa shape index (κ2) is 5.85. The average molecular weight is 311 g/mol. The monoisotopic (exact) mass is 310 g/mol. The molecule has 5 heteroatoms. The Labute approximate surface area is 131 Å². The summed E-state index contributed by atoms with van der Waals surface area (Å²) in [6.07, 6.45) is 2.85. The second-order valence-corrected chi connectivity index (χ2v) is 7.06. The number of hydrogen-bond donors (Lipinski definition) is 2. The zero-order valence-electron chi connectivity index (χ0n) is 13.0. The van der Waals surface area contributed by atoms with Crippen LogP contribution >= 0.6 is 11.6 Å². The molecule has 116 valence electrons. The summed E-state index contributed by atoms with van der Waals surface area (Å²) < 4.78 is 5.22. The first-order valence-electron chi connectivity index (χ1n) is 7.20. The lowest BCUT2D eigenvalue weighted by Crippen LogP contribution is -2.29. The van der Waals surface area contributed by atoms with E-state index in [1.54, 1.807) is 0 Å². The zero-order chi connectivity index (χ0) is 15.7. The topological polar surface area (TPSA) is 50.4 Å². The molecule has 0 radical (unpaired) electrons. The summed E-state index contributed by atoms with van der Waals surface area (Å²) in [6, 6.07) is 5.73. The van der Waals surface area contributed by atoms with Crippen LogP contribution in [-0.2, 0) is 11.2 Å². The van der Waals surface area contributed by atoms with Crippen LogP contribution in [-0.4, -0.2) is 24.3 Å². The fourth-order valence-corrected chi connectivity index (χ4v) is 2.49. The summed E-state index contributed by atoms with van der Waals surface area (Å²) in [6.45, 7) is 5.47. The molecule has 1 saturated carbocycles. The van der Waals surface area contributed by atoms with Gasteiger partial charge in [-0.2, -0.15) is 0 Å². The van der Waals surface area contributed by atoms with Gasteiger partial charge in [0.25, 0.3) is 0 Å². The number of benzene rings is 1. The van der Waals surface area contributed by atoms with E-state index in [4.69, 9.17) is 16.3 Å². The molecular weight excluding hydrogens is 288 g/mol. The minimum Gasteiger partial charge on any atom is -0.444 e. The highest BCUT2D eigenvalue weighted by atomic mass is 35.5. The SMILES string of the molecule is CNC1(Cc2ccc(NC(=O)OC(C)(C)C)c(Cl)c2)CC1. The van der Waals surface area contributed by atoms with Gasteiger partial charge in [-0.3, -0.25) is 5.32 Å². The molecule has 1 aromatic rings. The fourth-order valence-electron chi connectivity index (χ4n) is 2.24. The number of likely N-dealkylation sites (N-methyl/N-ethyl adjacent to an activating group) is 1. The quantitative estimate of drug-likeness (QED) is 0.884. The van der Waals surface area contributed by atoms with Crippen LogP contribution in [0, 0.1) is 0 Å². The molecular formula is C16H23ClN2O2. The van der Waals surface area contributed by atoms with Crippen LogP contribution in [0.25, 0.3) is 0 Å². The zero-order valence-corrected chi connectivity index (χ0v) is 13.8. The van der Waals surface area contributed by atoms with E-state index in [1.807, 2.05) is 46.0 Å². The molecule has 0 saturated heterocycles. The molecule has 0 heterocycles. The Morgan fingerprint density at radius 1 is 1.38 bits per heavy atom. The van der Waals surface area contributed by atoms with E-state index in [0.29, 0.717) is 10.7 Å². The van der Waals surface area contributed by atoms with E-state index in [9.17, 15) is 4.79 Å². The lowest BCUT2D eigenvalue weighted by atomic mass is 10.0. The first-order valence-corrected chi connectivity index (χ1v) is 7.58. The summed E-state index contributed by atoms with van der Waals surface area (Å²) in [4.78, 5) is 11.7. The van der Waals surface area contributed by atoms with E-state index < -0.39 is 11.7 Å². The Morgan fingerprint density at radius 2 is 2.05 bits per heavy atom. The van der Waals surface area contributed by atoms with Gasteiger partial charge in [0.1, 0.15) is 5.60 Å². The number of hydrogen-bond acceptors (Lipinski definition) is 3. The van der Waals surface area contributed by atoms with Crippen molar-refractivity contribution in [2.24, 2.45) is 0 Å². The molecule has 0 bridgehead atoms. The lowest BCUT2D eigenvalue weighted by molar-refractivity contribution is 0.0636. The van der Waals surface area contributed by atoms with Crippen molar-refractivity contribution in [1.29, 1.82) is 0 Å². The molecule has 1 fully saturated rings. The number of carbonyl (C=O) groups is 1. The van der Waals surface area contributed by atoms with Crippen LogP contribution in [0.5, 0.6) is 0 Å². The van der Waals surface area contributed by atoms with Gasteiger partial charge < -0.3 is 10.1 Å². The smallest absolute Gasteiger partial charge is 0.412 e. The van der Waals surface area contributed by atoms with E-state index >= 15 is 0 Å². The molecule has 2 N–H and O–H groups in total. The Kier molecular flexibility index (Phi) is 4.49. The van der Waals surface area contributed by atoms with Gasteiger partial charge in [0, 0.05) is 5.54 Å². The van der Waals surface area contributed by atoms with Crippen molar-refractivity contribution in [3.05, 3.63) is 28.8 Å². The Hall–Kier alpha value is -1.26. The van der Waals surface area contributed by atoms with Gasteiger partial charge in [-0.25, -0.2) is 4.79 Å². The van der Waals surface area contributed by atoms with E-state index in [2.05, 4.69) is 10.6 Å². The summed E-state index contributed by atoms with van der Waals surface area (Å²) >= 11 is 6.25. The minimum atomic E-state index is -0.526. The van der Waals surface area contributed by atoms with Crippen molar-refractivity contribution in [3.8, 4) is 0 Å². The standard InChI is InChI=1S/C16H23ClN2O2/c1-15(2,3)21-14(20)19-13-6-5-11(9-12(13)17)10-16(18-4)7-8-16/h5-6,9,18H,7-8,10H2,1-4H3,(H,19,20). The van der Waals surface area contributed by atoms with Gasteiger partial charge in [-0.15, -0.1) is 0 Å². The number of ether oxygens (including phenoxy) is 1. The molecule has 0 aromatic heterocycles. The highest BCUT2D eigenvalue weighted by Gasteiger charge is 2.40. The van der Waals surface area contributed by atoms with Gasteiger partial charge in [0.2, 0.25) is 0 Å². The number of halogens is 1. The highest BCUT2D eigenvalue weighted by Crippen LogP contribution is 2.39. The maximum Gasteiger partial charge on any atom is 0.412 e. The third kappa shape index (κ3) is 4.61. The molecule has 1 aliphatic rings. The van der Waals surface area contributed by atoms with Crippen molar-refractivity contribution < 1.29 is 9.53 Å². The first-order chi connectivity index (χ1) is 9.73. The number of carbonyl (C=O) groups excluding carboxylic acids is 1. The normalized spacial score (nSPS) is 16.4. The molecule has 0 spiro atoms. The molecule has 4 nitrogen and oxygen atoms in total. The van der Waals surface area contributed by atoms with Crippen molar-refractivity contribution in [1.82, 2.24) is 5.32 Å². The summed E-state index contributed by atoms with van der Waals surface area (Å²) in [5, 5.41) is 6.57. The van der Waals surface area contributed by atoms with Crippen LogP contribution in [0.15, 0.2) is 18.2 Å². The second-order valence-electron chi connectivity index (χ2n) is 6.65. The molecule has 21 heavy (non-hydrogen) atoms. The summed E-state index contributed by atoms with van der Waals surface area (Å²) in [5.41, 5.74) is 1.45. The van der Waals surface area contributed by atoms with Crippen molar-refractivity contribution >= 4 is 23.4 Å². The van der Waals surface area contributed by atoms with Crippen LogP contribution in [0.4, 0.5) is 10.5 Å². The first kappa shape index (κ1) is 16.1. The number of amides is 1. The van der Waals surface area contributed by atoms with Crippen molar-refractivity contribution in [3.63, 3.8) is 0 Å². The maximum atomic E-state index is 11.7. The summed E-state index contributed by atoms with van der Waals surface area (Å²) in [5.74, 6) is 0. The molecule has 1 amide bonds. The molecule has 0 atom stereocenters. The maximum absolute atomic E-state index is 11.7. The third-order valence-electron chi connectivity index (χ3n) is 3.60. The Morgan fingerprint density at radius 3 is 2.52 bits per heavy atom.